The molecule has 180 valence electrons. The third-order valence-electron chi connectivity index (χ3n) is 5.08. The van der Waals surface area contributed by atoms with Crippen LogP contribution in [-0.4, -0.2) is 39.0 Å². The largest absolute Gasteiger partial charge is 0.462 e. The van der Waals surface area contributed by atoms with Crippen LogP contribution in [0.4, 0.5) is 5.00 Å². The zero-order valence-electron chi connectivity index (χ0n) is 20.0. The summed E-state index contributed by atoms with van der Waals surface area (Å²) in [5.41, 5.74) is 2.61. The lowest BCUT2D eigenvalue weighted by molar-refractivity contribution is -0.113. The number of carbonyl (C=O) groups excluding carboxylic acids is 2. The molecule has 2 heterocycles. The number of hydrogen-bond donors (Lipinski definition) is 1. The van der Waals surface area contributed by atoms with Crippen molar-refractivity contribution in [3.05, 3.63) is 59.0 Å². The number of carbonyl (C=O) groups is 2. The second-order valence-corrected chi connectivity index (χ2v) is 9.93. The molecule has 3 rings (SSSR count). The van der Waals surface area contributed by atoms with Gasteiger partial charge in [0, 0.05) is 17.0 Å². The molecule has 0 atom stereocenters. The van der Waals surface area contributed by atoms with Gasteiger partial charge in [-0.05, 0) is 30.9 Å². The van der Waals surface area contributed by atoms with E-state index in [2.05, 4.69) is 48.1 Å². The first kappa shape index (κ1) is 25.7. The van der Waals surface area contributed by atoms with Gasteiger partial charge < -0.3 is 10.1 Å². The maximum atomic E-state index is 12.7. The summed E-state index contributed by atoms with van der Waals surface area (Å²) in [6, 6.07) is 10.1. The lowest BCUT2D eigenvalue weighted by Crippen LogP contribution is -2.16. The standard InChI is InChI=1S/C25H30N4O3S2/c1-6-13-29-22(18-11-9-17(10-12-18)16(4)5)27-28-25(29)33-15-21(30)26-23-20(24(31)32-8-3)14-19(7-2)34-23/h6,9-12,14,16H,1,7-8,13,15H2,2-5H3,(H,26,30). The van der Waals surface area contributed by atoms with Crippen molar-refractivity contribution in [2.24, 2.45) is 0 Å². The number of benzene rings is 1. The Morgan fingerprint density at radius 3 is 2.59 bits per heavy atom. The van der Waals surface area contributed by atoms with Crippen molar-refractivity contribution in [1.29, 1.82) is 0 Å². The molecule has 9 heteroatoms. The fourth-order valence-corrected chi connectivity index (χ4v) is 5.03. The molecule has 3 aromatic rings. The number of thioether (sulfide) groups is 1. The molecule has 0 spiro atoms. The lowest BCUT2D eigenvalue weighted by Gasteiger charge is -2.10. The fraction of sp³-hybridized carbons (Fsp3) is 0.360. The summed E-state index contributed by atoms with van der Waals surface area (Å²) >= 11 is 2.68. The molecule has 0 bridgehead atoms. The summed E-state index contributed by atoms with van der Waals surface area (Å²) in [5, 5.41) is 12.7. The van der Waals surface area contributed by atoms with Gasteiger partial charge in [0.25, 0.3) is 0 Å². The highest BCUT2D eigenvalue weighted by atomic mass is 32.2. The van der Waals surface area contributed by atoms with Crippen LogP contribution in [0.5, 0.6) is 0 Å². The first-order valence-corrected chi connectivity index (χ1v) is 13.0. The van der Waals surface area contributed by atoms with E-state index in [1.165, 1.54) is 28.7 Å². The zero-order chi connectivity index (χ0) is 24.7. The zero-order valence-corrected chi connectivity index (χ0v) is 21.6. The van der Waals surface area contributed by atoms with Crippen LogP contribution >= 0.6 is 23.1 Å². The van der Waals surface area contributed by atoms with E-state index >= 15 is 0 Å². The number of hydrogen-bond acceptors (Lipinski definition) is 7. The van der Waals surface area contributed by atoms with E-state index in [-0.39, 0.29) is 18.3 Å². The Kier molecular flexibility index (Phi) is 9.06. The predicted octanol–water partition coefficient (Wildman–Crippen LogP) is 5.79. The number of anilines is 1. The molecule has 0 saturated heterocycles. The van der Waals surface area contributed by atoms with Crippen LogP contribution in [0.15, 0.2) is 48.1 Å². The number of rotatable bonds is 11. The Morgan fingerprint density at radius 1 is 1.24 bits per heavy atom. The SMILES string of the molecule is C=CCn1c(SCC(=O)Nc2sc(CC)cc2C(=O)OCC)nnc1-c1ccc(C(C)C)cc1. The first-order chi connectivity index (χ1) is 16.4. The number of amides is 1. The van der Waals surface area contributed by atoms with E-state index in [9.17, 15) is 9.59 Å². The fourth-order valence-electron chi connectivity index (χ4n) is 3.28. The third kappa shape index (κ3) is 6.15. The van der Waals surface area contributed by atoms with Crippen molar-refractivity contribution in [1.82, 2.24) is 14.8 Å². The Hall–Kier alpha value is -2.91. The van der Waals surface area contributed by atoms with Gasteiger partial charge in [0.2, 0.25) is 5.91 Å². The van der Waals surface area contributed by atoms with Crippen LogP contribution in [0, 0.1) is 0 Å². The average Bonchev–Trinajstić information content (AvgIpc) is 3.42. The van der Waals surface area contributed by atoms with E-state index in [1.54, 1.807) is 19.1 Å². The molecule has 0 unspecified atom stereocenters. The number of aryl methyl sites for hydroxylation is 1. The van der Waals surface area contributed by atoms with Crippen molar-refractivity contribution in [3.8, 4) is 11.4 Å². The van der Waals surface area contributed by atoms with Gasteiger partial charge >= 0.3 is 5.97 Å². The molecule has 34 heavy (non-hydrogen) atoms. The Balaban J connectivity index is 1.73. The van der Waals surface area contributed by atoms with Gasteiger partial charge in [-0.2, -0.15) is 0 Å². The van der Waals surface area contributed by atoms with Crippen LogP contribution in [0.3, 0.4) is 0 Å². The molecule has 1 amide bonds. The summed E-state index contributed by atoms with van der Waals surface area (Å²) < 4.78 is 7.07. The second kappa shape index (κ2) is 12.0. The van der Waals surface area contributed by atoms with Crippen LogP contribution in [0.2, 0.25) is 0 Å². The molecule has 0 aliphatic rings. The summed E-state index contributed by atoms with van der Waals surface area (Å²) in [4.78, 5) is 26.0. The summed E-state index contributed by atoms with van der Waals surface area (Å²) in [6.45, 7) is 12.7. The summed E-state index contributed by atoms with van der Waals surface area (Å²) in [5.74, 6) is 0.652. The maximum Gasteiger partial charge on any atom is 0.341 e. The smallest absolute Gasteiger partial charge is 0.341 e. The van der Waals surface area contributed by atoms with Gasteiger partial charge in [-0.15, -0.1) is 28.1 Å². The number of nitrogens with one attached hydrogen (secondary N) is 1. The highest BCUT2D eigenvalue weighted by Crippen LogP contribution is 2.30. The number of thiophene rings is 1. The molecule has 0 radical (unpaired) electrons. The van der Waals surface area contributed by atoms with Crippen molar-refractivity contribution in [2.75, 3.05) is 17.7 Å². The molecule has 2 aromatic heterocycles. The number of aromatic nitrogens is 3. The molecule has 0 aliphatic heterocycles. The van der Waals surface area contributed by atoms with Gasteiger partial charge in [0.15, 0.2) is 11.0 Å². The van der Waals surface area contributed by atoms with Gasteiger partial charge in [0.05, 0.1) is 17.9 Å². The predicted molar refractivity (Wildman–Crippen MR) is 139 cm³/mol. The van der Waals surface area contributed by atoms with Gasteiger partial charge in [-0.3, -0.25) is 9.36 Å². The average molecular weight is 499 g/mol. The van der Waals surface area contributed by atoms with Crippen molar-refractivity contribution >= 4 is 40.0 Å². The van der Waals surface area contributed by atoms with E-state index in [0.29, 0.717) is 28.2 Å². The van der Waals surface area contributed by atoms with E-state index in [1.807, 2.05) is 23.6 Å². The molecule has 7 nitrogen and oxygen atoms in total. The van der Waals surface area contributed by atoms with Crippen molar-refractivity contribution in [3.63, 3.8) is 0 Å². The van der Waals surface area contributed by atoms with E-state index < -0.39 is 5.97 Å². The lowest BCUT2D eigenvalue weighted by atomic mass is 10.0. The number of nitrogens with zero attached hydrogens (tertiary/aromatic N) is 3. The monoisotopic (exact) mass is 498 g/mol. The minimum Gasteiger partial charge on any atom is -0.462 e. The Bertz CT molecular complexity index is 1150. The van der Waals surface area contributed by atoms with Crippen LogP contribution in [0.1, 0.15) is 54.4 Å². The summed E-state index contributed by atoms with van der Waals surface area (Å²) in [7, 11) is 0. The molecule has 0 saturated carbocycles. The van der Waals surface area contributed by atoms with Crippen LogP contribution in [0.25, 0.3) is 11.4 Å². The van der Waals surface area contributed by atoms with Gasteiger partial charge in [0.1, 0.15) is 5.00 Å². The molecular weight excluding hydrogens is 468 g/mol. The Morgan fingerprint density at radius 2 is 1.97 bits per heavy atom. The topological polar surface area (TPSA) is 86.1 Å². The van der Waals surface area contributed by atoms with Gasteiger partial charge in [-0.1, -0.05) is 62.9 Å². The molecular formula is C25H30N4O3S2. The van der Waals surface area contributed by atoms with Crippen molar-refractivity contribution in [2.45, 2.75) is 51.7 Å². The molecule has 1 N–H and O–H groups in total. The second-order valence-electron chi connectivity index (χ2n) is 7.85. The normalized spacial score (nSPS) is 11.0. The molecule has 1 aromatic carbocycles. The number of esters is 1. The highest BCUT2D eigenvalue weighted by molar-refractivity contribution is 7.99. The molecule has 0 fully saturated rings. The highest BCUT2D eigenvalue weighted by Gasteiger charge is 2.20. The van der Waals surface area contributed by atoms with Gasteiger partial charge in [-0.25, -0.2) is 4.79 Å². The number of allylic oxidation sites excluding steroid dienone is 1. The summed E-state index contributed by atoms with van der Waals surface area (Å²) in [6.07, 6.45) is 2.55. The number of ether oxygens (including phenoxy) is 1. The minimum atomic E-state index is -0.430. The van der Waals surface area contributed by atoms with Crippen LogP contribution < -0.4 is 5.32 Å². The third-order valence-corrected chi connectivity index (χ3v) is 7.24. The quantitative estimate of drug-likeness (QED) is 0.205. The minimum absolute atomic E-state index is 0.128. The first-order valence-electron chi connectivity index (χ1n) is 11.2. The van der Waals surface area contributed by atoms with Crippen molar-refractivity contribution < 1.29 is 14.3 Å². The van der Waals surface area contributed by atoms with E-state index in [4.69, 9.17) is 4.74 Å². The molecule has 0 aliphatic carbocycles. The maximum absolute atomic E-state index is 12.7. The Labute approximate surface area is 208 Å². The van der Waals surface area contributed by atoms with Crippen LogP contribution in [-0.2, 0) is 22.5 Å². The van der Waals surface area contributed by atoms with E-state index in [0.717, 1.165) is 22.7 Å².